The van der Waals surface area contributed by atoms with Crippen molar-refractivity contribution in [2.75, 3.05) is 10.6 Å². The molecule has 0 aliphatic carbocycles. The lowest BCUT2D eigenvalue weighted by Gasteiger charge is -2.09. The van der Waals surface area contributed by atoms with Gasteiger partial charge in [-0.05, 0) is 18.2 Å². The number of aromatic nitrogens is 2. The van der Waals surface area contributed by atoms with Crippen molar-refractivity contribution in [3.63, 3.8) is 0 Å². The van der Waals surface area contributed by atoms with Crippen LogP contribution in [0.3, 0.4) is 0 Å². The fourth-order valence-electron chi connectivity index (χ4n) is 1.55. The zero-order valence-electron chi connectivity index (χ0n) is 10.1. The molecule has 7 heteroatoms. The van der Waals surface area contributed by atoms with Crippen LogP contribution >= 0.6 is 27.5 Å². The molecule has 1 amide bonds. The minimum Gasteiger partial charge on any atom is -0.325 e. The van der Waals surface area contributed by atoms with Crippen LogP contribution in [0.25, 0.3) is 0 Å². The minimum absolute atomic E-state index is 0.133. The summed E-state index contributed by atoms with van der Waals surface area (Å²) >= 11 is 8.96. The molecule has 0 unspecified atom stereocenters. The number of alkyl halides is 1. The summed E-state index contributed by atoms with van der Waals surface area (Å²) in [5.74, 6) is -0.619. The van der Waals surface area contributed by atoms with Crippen LogP contribution in [0, 0.1) is 0 Å². The van der Waals surface area contributed by atoms with Crippen LogP contribution in [0.4, 0.5) is 5.69 Å². The standard InChI is InChI=1S/C13H9BrClN3O2/c14-6-12(19)18-10-2-1-8(15)5-9(10)13(20)11-7-16-3-4-17-11/h1-5,7H,6H2,(H,18,19). The number of anilines is 1. The van der Waals surface area contributed by atoms with Crippen LogP contribution < -0.4 is 5.32 Å². The van der Waals surface area contributed by atoms with Gasteiger partial charge in [-0.15, -0.1) is 0 Å². The maximum absolute atomic E-state index is 12.4. The molecule has 1 aromatic heterocycles. The maximum atomic E-state index is 12.4. The number of halogens is 2. The Labute approximate surface area is 128 Å². The average molecular weight is 355 g/mol. The maximum Gasteiger partial charge on any atom is 0.235 e. The van der Waals surface area contributed by atoms with E-state index in [1.165, 1.54) is 24.7 Å². The van der Waals surface area contributed by atoms with Crippen LogP contribution in [-0.4, -0.2) is 27.0 Å². The van der Waals surface area contributed by atoms with Crippen molar-refractivity contribution in [1.82, 2.24) is 9.97 Å². The normalized spacial score (nSPS) is 10.1. The Hall–Kier alpha value is -1.79. The fourth-order valence-corrected chi connectivity index (χ4v) is 1.86. The summed E-state index contributed by atoms with van der Waals surface area (Å²) in [5.41, 5.74) is 0.839. The van der Waals surface area contributed by atoms with E-state index in [0.717, 1.165) is 0 Å². The fraction of sp³-hybridized carbons (Fsp3) is 0.0769. The van der Waals surface area contributed by atoms with Gasteiger partial charge in [0.25, 0.3) is 0 Å². The van der Waals surface area contributed by atoms with E-state index >= 15 is 0 Å². The van der Waals surface area contributed by atoms with Crippen LogP contribution in [0.2, 0.25) is 5.02 Å². The second-order valence-electron chi connectivity index (χ2n) is 3.79. The van der Waals surface area contributed by atoms with Crippen molar-refractivity contribution in [3.05, 3.63) is 53.1 Å². The van der Waals surface area contributed by atoms with E-state index in [1.807, 2.05) is 0 Å². The summed E-state index contributed by atoms with van der Waals surface area (Å²) in [6, 6.07) is 4.66. The molecule has 0 aliphatic heterocycles. The summed E-state index contributed by atoms with van der Waals surface area (Å²) in [6.07, 6.45) is 4.26. The topological polar surface area (TPSA) is 72.0 Å². The van der Waals surface area contributed by atoms with E-state index < -0.39 is 0 Å². The Morgan fingerprint density at radius 2 is 2.10 bits per heavy atom. The molecule has 0 saturated carbocycles. The molecule has 0 aliphatic rings. The largest absolute Gasteiger partial charge is 0.325 e. The summed E-state index contributed by atoms with van der Waals surface area (Å²) < 4.78 is 0. The van der Waals surface area contributed by atoms with Crippen LogP contribution in [0.5, 0.6) is 0 Å². The molecule has 2 rings (SSSR count). The summed E-state index contributed by atoms with van der Waals surface area (Å²) in [4.78, 5) is 31.6. The van der Waals surface area contributed by atoms with Gasteiger partial charge in [0, 0.05) is 23.0 Å². The first-order valence-corrected chi connectivity index (χ1v) is 7.08. The first-order chi connectivity index (χ1) is 9.61. The van der Waals surface area contributed by atoms with Crippen molar-refractivity contribution >= 4 is 44.9 Å². The highest BCUT2D eigenvalue weighted by Crippen LogP contribution is 2.23. The highest BCUT2D eigenvalue weighted by atomic mass is 79.9. The third-order valence-corrected chi connectivity index (χ3v) is 3.16. The quantitative estimate of drug-likeness (QED) is 0.677. The zero-order chi connectivity index (χ0) is 14.5. The van der Waals surface area contributed by atoms with Gasteiger partial charge in [0.1, 0.15) is 5.69 Å². The van der Waals surface area contributed by atoms with E-state index in [0.29, 0.717) is 10.7 Å². The molecule has 1 N–H and O–H groups in total. The Morgan fingerprint density at radius 1 is 1.30 bits per heavy atom. The van der Waals surface area contributed by atoms with Crippen LogP contribution in [0.15, 0.2) is 36.8 Å². The molecule has 5 nitrogen and oxygen atoms in total. The summed E-state index contributed by atoms with van der Waals surface area (Å²) in [6.45, 7) is 0. The van der Waals surface area contributed by atoms with Gasteiger partial charge in [-0.1, -0.05) is 27.5 Å². The lowest BCUT2D eigenvalue weighted by Crippen LogP contribution is -2.16. The molecule has 0 saturated heterocycles. The van der Waals surface area contributed by atoms with Gasteiger partial charge in [-0.2, -0.15) is 0 Å². The number of benzene rings is 1. The van der Waals surface area contributed by atoms with Crippen LogP contribution in [-0.2, 0) is 4.79 Å². The molecular formula is C13H9BrClN3O2. The van der Waals surface area contributed by atoms with Gasteiger partial charge in [0.05, 0.1) is 17.2 Å². The van der Waals surface area contributed by atoms with Crippen molar-refractivity contribution in [1.29, 1.82) is 0 Å². The van der Waals surface area contributed by atoms with Gasteiger partial charge in [-0.25, -0.2) is 4.98 Å². The van der Waals surface area contributed by atoms with E-state index in [4.69, 9.17) is 11.6 Å². The first-order valence-electron chi connectivity index (χ1n) is 5.58. The SMILES string of the molecule is O=C(CBr)Nc1ccc(Cl)cc1C(=O)c1cnccn1. The van der Waals surface area contributed by atoms with Crippen molar-refractivity contribution in [2.45, 2.75) is 0 Å². The Bertz CT molecular complexity index is 649. The van der Waals surface area contributed by atoms with E-state index in [-0.39, 0.29) is 28.3 Å². The molecule has 20 heavy (non-hydrogen) atoms. The highest BCUT2D eigenvalue weighted by Gasteiger charge is 2.17. The molecule has 0 fully saturated rings. The number of ketones is 1. The Kier molecular flexibility index (Phi) is 4.81. The lowest BCUT2D eigenvalue weighted by atomic mass is 10.1. The molecule has 102 valence electrons. The number of amides is 1. The monoisotopic (exact) mass is 353 g/mol. The molecular weight excluding hydrogens is 346 g/mol. The van der Waals surface area contributed by atoms with Gasteiger partial charge in [-0.3, -0.25) is 14.6 Å². The second kappa shape index (κ2) is 6.58. The molecule has 0 atom stereocenters. The summed E-state index contributed by atoms with van der Waals surface area (Å²) in [7, 11) is 0. The molecule has 0 bridgehead atoms. The lowest BCUT2D eigenvalue weighted by molar-refractivity contribution is -0.113. The molecule has 1 heterocycles. The molecule has 0 spiro atoms. The van der Waals surface area contributed by atoms with Crippen molar-refractivity contribution < 1.29 is 9.59 Å². The highest BCUT2D eigenvalue weighted by molar-refractivity contribution is 9.09. The van der Waals surface area contributed by atoms with E-state index in [2.05, 4.69) is 31.2 Å². The van der Waals surface area contributed by atoms with Gasteiger partial charge >= 0.3 is 0 Å². The number of carbonyl (C=O) groups is 2. The summed E-state index contributed by atoms with van der Waals surface area (Å²) in [5, 5.41) is 3.16. The Morgan fingerprint density at radius 3 is 2.75 bits per heavy atom. The van der Waals surface area contributed by atoms with Gasteiger partial charge in [0.2, 0.25) is 11.7 Å². The molecule has 1 aromatic carbocycles. The minimum atomic E-state index is -0.356. The van der Waals surface area contributed by atoms with E-state index in [1.54, 1.807) is 12.1 Å². The van der Waals surface area contributed by atoms with Gasteiger partial charge in [0.15, 0.2) is 0 Å². The van der Waals surface area contributed by atoms with Crippen molar-refractivity contribution in [3.8, 4) is 0 Å². The number of hydrogen-bond donors (Lipinski definition) is 1. The second-order valence-corrected chi connectivity index (χ2v) is 4.79. The van der Waals surface area contributed by atoms with Gasteiger partial charge < -0.3 is 5.32 Å². The number of nitrogens with one attached hydrogen (secondary N) is 1. The number of nitrogens with zero attached hydrogens (tertiary/aromatic N) is 2. The molecule has 0 radical (unpaired) electrons. The first kappa shape index (κ1) is 14.6. The molecule has 2 aromatic rings. The third-order valence-electron chi connectivity index (χ3n) is 2.42. The van der Waals surface area contributed by atoms with Crippen molar-refractivity contribution in [2.24, 2.45) is 0 Å². The predicted molar refractivity (Wildman–Crippen MR) is 79.3 cm³/mol. The smallest absolute Gasteiger partial charge is 0.235 e. The van der Waals surface area contributed by atoms with E-state index in [9.17, 15) is 9.59 Å². The Balaban J connectivity index is 2.41. The predicted octanol–water partition coefficient (Wildman–Crippen LogP) is 2.69. The third kappa shape index (κ3) is 3.40. The van der Waals surface area contributed by atoms with Crippen LogP contribution in [0.1, 0.15) is 16.1 Å². The average Bonchev–Trinajstić information content (AvgIpc) is 2.49. The number of rotatable bonds is 4. The zero-order valence-corrected chi connectivity index (χ0v) is 12.5. The number of hydrogen-bond acceptors (Lipinski definition) is 4. The number of carbonyl (C=O) groups excluding carboxylic acids is 2.